The molecule has 5 rings (SSSR count). The van der Waals surface area contributed by atoms with Gasteiger partial charge in [-0.1, -0.05) is 63.3 Å². The van der Waals surface area contributed by atoms with Crippen LogP contribution in [0.3, 0.4) is 0 Å². The first-order valence-corrected chi connectivity index (χ1v) is 10.7. The molecule has 3 heteroatoms. The summed E-state index contributed by atoms with van der Waals surface area (Å²) in [6.07, 6.45) is 8.36. The van der Waals surface area contributed by atoms with Crippen LogP contribution in [0.1, 0.15) is 57.9 Å². The molecule has 0 aromatic heterocycles. The zero-order valence-electron chi connectivity index (χ0n) is 17.0. The van der Waals surface area contributed by atoms with Crippen molar-refractivity contribution in [1.82, 2.24) is 0 Å². The average Bonchev–Trinajstić information content (AvgIpc) is 3.39. The van der Waals surface area contributed by atoms with Crippen LogP contribution in [-0.4, -0.2) is 12.1 Å². The number of nitrogens with zero attached hydrogens (tertiary/aromatic N) is 1. The van der Waals surface area contributed by atoms with Gasteiger partial charge < -0.3 is 4.74 Å². The number of esters is 1. The molecule has 0 spiro atoms. The van der Waals surface area contributed by atoms with E-state index in [9.17, 15) is 10.1 Å². The van der Waals surface area contributed by atoms with Crippen LogP contribution in [-0.2, 0) is 9.53 Å². The Bertz CT molecular complexity index is 882. The van der Waals surface area contributed by atoms with Gasteiger partial charge in [0.1, 0.15) is 6.10 Å². The third kappa shape index (κ3) is 2.02. The van der Waals surface area contributed by atoms with E-state index in [2.05, 4.69) is 51.1 Å². The zero-order chi connectivity index (χ0) is 19.7. The van der Waals surface area contributed by atoms with Gasteiger partial charge >= 0.3 is 5.97 Å². The number of nitriles is 1. The summed E-state index contributed by atoms with van der Waals surface area (Å²) in [6.45, 7) is 6.93. The second-order valence-corrected chi connectivity index (χ2v) is 10.3. The number of carbonyl (C=O) groups excluding carboxylic acids is 1. The van der Waals surface area contributed by atoms with Gasteiger partial charge in [0, 0.05) is 17.3 Å². The molecule has 3 fully saturated rings. The Morgan fingerprint density at radius 1 is 1.14 bits per heavy atom. The van der Waals surface area contributed by atoms with Gasteiger partial charge in [-0.2, -0.15) is 5.26 Å². The standard InChI is InChI=1S/C25H29NO2/c1-23(2)18-11-12-24(23,3)20(14-18)28-22(27)25(15-26)19-10-9-17(13-19)21(25)16-7-5-4-6-8-16/h4-10,17-21H,11-14H2,1-3H3/t17-,18-,19+,20+,21+,24+,25+/m0/s1. The van der Waals surface area contributed by atoms with E-state index in [4.69, 9.17) is 4.74 Å². The van der Waals surface area contributed by atoms with Crippen LogP contribution in [0.4, 0.5) is 0 Å². The molecule has 0 radical (unpaired) electrons. The zero-order valence-corrected chi connectivity index (χ0v) is 17.0. The molecule has 4 aliphatic rings. The average molecular weight is 376 g/mol. The lowest BCUT2D eigenvalue weighted by atomic mass is 9.66. The van der Waals surface area contributed by atoms with E-state index >= 15 is 0 Å². The highest BCUT2D eigenvalue weighted by molar-refractivity contribution is 5.84. The first-order valence-electron chi connectivity index (χ1n) is 10.7. The van der Waals surface area contributed by atoms with Crippen LogP contribution < -0.4 is 0 Å². The van der Waals surface area contributed by atoms with Crippen LogP contribution in [0, 0.1) is 45.3 Å². The SMILES string of the molecule is CC1(C)[C@H]2CC[C@]1(C)[C@H](OC(=O)[C@]1(C#N)[C@@H]3C=C[C@@H](C3)[C@H]1c1ccccc1)C2. The van der Waals surface area contributed by atoms with Gasteiger partial charge in [0.05, 0.1) is 6.07 Å². The van der Waals surface area contributed by atoms with Crippen LogP contribution in [0.2, 0.25) is 0 Å². The fourth-order valence-corrected chi connectivity index (χ4v) is 7.06. The summed E-state index contributed by atoms with van der Waals surface area (Å²) in [5, 5.41) is 10.3. The van der Waals surface area contributed by atoms with Crippen LogP contribution >= 0.6 is 0 Å². The Labute approximate surface area is 167 Å². The maximum Gasteiger partial charge on any atom is 0.328 e. The summed E-state index contributed by atoms with van der Waals surface area (Å²) in [7, 11) is 0. The van der Waals surface area contributed by atoms with Gasteiger partial charge in [0.2, 0.25) is 0 Å². The van der Waals surface area contributed by atoms with Crippen molar-refractivity contribution < 1.29 is 9.53 Å². The quantitative estimate of drug-likeness (QED) is 0.536. The molecular weight excluding hydrogens is 346 g/mol. The number of rotatable bonds is 3. The summed E-state index contributed by atoms with van der Waals surface area (Å²) in [5.74, 6) is 0.417. The van der Waals surface area contributed by atoms with Crippen molar-refractivity contribution in [2.45, 2.75) is 58.5 Å². The van der Waals surface area contributed by atoms with Crippen molar-refractivity contribution in [3.63, 3.8) is 0 Å². The molecule has 4 aliphatic carbocycles. The van der Waals surface area contributed by atoms with E-state index in [0.29, 0.717) is 5.92 Å². The number of allylic oxidation sites excluding steroid dienone is 2. The van der Waals surface area contributed by atoms with E-state index in [0.717, 1.165) is 24.8 Å². The molecule has 7 atom stereocenters. The van der Waals surface area contributed by atoms with Crippen molar-refractivity contribution in [3.8, 4) is 6.07 Å². The largest absolute Gasteiger partial charge is 0.461 e. The Balaban J connectivity index is 1.49. The topological polar surface area (TPSA) is 50.1 Å². The molecule has 0 N–H and O–H groups in total. The minimum absolute atomic E-state index is 0.0136. The molecule has 0 unspecified atom stereocenters. The number of carbonyl (C=O) groups is 1. The highest BCUT2D eigenvalue weighted by Crippen LogP contribution is 2.67. The molecule has 1 aromatic rings. The van der Waals surface area contributed by atoms with Gasteiger partial charge in [-0.25, -0.2) is 0 Å². The lowest BCUT2D eigenvalue weighted by Crippen LogP contribution is -2.45. The van der Waals surface area contributed by atoms with Crippen molar-refractivity contribution in [3.05, 3.63) is 48.0 Å². The molecule has 0 amide bonds. The van der Waals surface area contributed by atoms with E-state index in [-0.39, 0.29) is 40.7 Å². The highest BCUT2D eigenvalue weighted by Gasteiger charge is 2.66. The summed E-state index contributed by atoms with van der Waals surface area (Å²) in [6, 6.07) is 12.6. The van der Waals surface area contributed by atoms with Crippen LogP contribution in [0.25, 0.3) is 0 Å². The number of hydrogen-bond acceptors (Lipinski definition) is 3. The first kappa shape index (κ1) is 18.0. The number of fused-ring (bicyclic) bond motifs is 4. The first-order chi connectivity index (χ1) is 13.3. The van der Waals surface area contributed by atoms with Crippen molar-refractivity contribution in [2.24, 2.45) is 34.0 Å². The predicted octanol–water partition coefficient (Wildman–Crippen LogP) is 5.24. The van der Waals surface area contributed by atoms with E-state index in [1.807, 2.05) is 18.2 Å². The lowest BCUT2D eigenvalue weighted by molar-refractivity contribution is -0.168. The molecule has 0 heterocycles. The van der Waals surface area contributed by atoms with Gasteiger partial charge in [0.25, 0.3) is 0 Å². The summed E-state index contributed by atoms with van der Waals surface area (Å²) in [5.41, 5.74) is 0.186. The normalized spacial score (nSPS) is 44.6. The predicted molar refractivity (Wildman–Crippen MR) is 107 cm³/mol. The second-order valence-electron chi connectivity index (χ2n) is 10.3. The molecule has 28 heavy (non-hydrogen) atoms. The third-order valence-corrected chi connectivity index (χ3v) is 9.26. The summed E-state index contributed by atoms with van der Waals surface area (Å²) < 4.78 is 6.27. The summed E-state index contributed by atoms with van der Waals surface area (Å²) in [4.78, 5) is 13.7. The van der Waals surface area contributed by atoms with Gasteiger partial charge in [-0.05, 0) is 48.5 Å². The van der Waals surface area contributed by atoms with Crippen LogP contribution in [0.15, 0.2) is 42.5 Å². The van der Waals surface area contributed by atoms with E-state index in [1.165, 1.54) is 6.42 Å². The molecule has 3 nitrogen and oxygen atoms in total. The van der Waals surface area contributed by atoms with Gasteiger partial charge in [-0.3, -0.25) is 4.79 Å². The lowest BCUT2D eigenvalue weighted by Gasteiger charge is -2.41. The van der Waals surface area contributed by atoms with E-state index < -0.39 is 5.41 Å². The smallest absolute Gasteiger partial charge is 0.328 e. The van der Waals surface area contributed by atoms with Crippen molar-refractivity contribution in [1.29, 1.82) is 5.26 Å². The Kier molecular flexibility index (Phi) is 3.67. The second kappa shape index (κ2) is 5.72. The minimum atomic E-state index is -1.09. The van der Waals surface area contributed by atoms with Crippen LogP contribution in [0.5, 0.6) is 0 Å². The number of hydrogen-bond donors (Lipinski definition) is 0. The van der Waals surface area contributed by atoms with E-state index in [1.54, 1.807) is 0 Å². The Morgan fingerprint density at radius 2 is 1.89 bits per heavy atom. The van der Waals surface area contributed by atoms with Gasteiger partial charge in [0.15, 0.2) is 5.41 Å². The fraction of sp³-hybridized carbons (Fsp3) is 0.600. The summed E-state index contributed by atoms with van der Waals surface area (Å²) >= 11 is 0. The maximum absolute atomic E-state index is 13.7. The molecule has 146 valence electrons. The number of ether oxygens (including phenoxy) is 1. The molecule has 1 aromatic carbocycles. The monoisotopic (exact) mass is 375 g/mol. The Morgan fingerprint density at radius 3 is 2.50 bits per heavy atom. The Hall–Kier alpha value is -2.08. The molecule has 0 aliphatic heterocycles. The molecule has 4 bridgehead atoms. The minimum Gasteiger partial charge on any atom is -0.461 e. The van der Waals surface area contributed by atoms with Crippen molar-refractivity contribution >= 4 is 5.97 Å². The van der Waals surface area contributed by atoms with Crippen molar-refractivity contribution in [2.75, 3.05) is 0 Å². The molecule has 3 saturated carbocycles. The molecule has 0 saturated heterocycles. The maximum atomic E-state index is 13.7. The molecular formula is C25H29NO2. The van der Waals surface area contributed by atoms with Gasteiger partial charge in [-0.15, -0.1) is 0 Å². The fourth-order valence-electron chi connectivity index (χ4n) is 7.06. The third-order valence-electron chi connectivity index (χ3n) is 9.26. The highest BCUT2D eigenvalue weighted by atomic mass is 16.5. The number of benzene rings is 1.